The summed E-state index contributed by atoms with van der Waals surface area (Å²) in [6, 6.07) is 5.15. The van der Waals surface area contributed by atoms with Gasteiger partial charge in [-0.15, -0.1) is 0 Å². The number of amidine groups is 1. The third-order valence-corrected chi connectivity index (χ3v) is 7.76. The van der Waals surface area contributed by atoms with Crippen LogP contribution in [0, 0.1) is 0 Å². The van der Waals surface area contributed by atoms with Gasteiger partial charge in [0.25, 0.3) is 0 Å². The lowest BCUT2D eigenvalue weighted by atomic mass is 10.2. The summed E-state index contributed by atoms with van der Waals surface area (Å²) in [5, 5.41) is 0.899. The number of carbonyl (C=O) groups is 1. The molecule has 0 N–H and O–H groups in total. The third kappa shape index (κ3) is 3.45. The van der Waals surface area contributed by atoms with Gasteiger partial charge in [-0.05, 0) is 18.2 Å². The molecular weight excluding hydrogens is 424 g/mol. The van der Waals surface area contributed by atoms with E-state index >= 15 is 0 Å². The van der Waals surface area contributed by atoms with Gasteiger partial charge < -0.3 is 4.90 Å². The van der Waals surface area contributed by atoms with Crippen molar-refractivity contribution in [1.82, 2.24) is 0 Å². The van der Waals surface area contributed by atoms with Crippen LogP contribution in [-0.4, -0.2) is 42.3 Å². The molecule has 3 rings (SSSR count). The molecule has 1 aromatic rings. The minimum atomic E-state index is -3.08. The molecule has 2 aliphatic rings. The van der Waals surface area contributed by atoms with Gasteiger partial charge >= 0.3 is 0 Å². The van der Waals surface area contributed by atoms with E-state index < -0.39 is 9.84 Å². The lowest BCUT2D eigenvalue weighted by molar-refractivity contribution is -0.117. The number of amides is 1. The molecule has 0 spiro atoms. The van der Waals surface area contributed by atoms with Crippen LogP contribution in [0.15, 0.2) is 27.7 Å². The molecule has 0 radical (unpaired) electrons. The van der Waals surface area contributed by atoms with E-state index in [0.717, 1.165) is 4.47 Å². The number of nitrogens with zero attached hydrogens (tertiary/aromatic N) is 2. The van der Waals surface area contributed by atoms with Gasteiger partial charge in [0.1, 0.15) is 0 Å². The highest BCUT2D eigenvalue weighted by atomic mass is 79.9. The maximum Gasteiger partial charge on any atom is 0.247 e. The maximum atomic E-state index is 12.0. The largest absolute Gasteiger partial charge is 0.314 e. The van der Waals surface area contributed by atoms with E-state index in [2.05, 4.69) is 20.9 Å². The van der Waals surface area contributed by atoms with Crippen molar-refractivity contribution in [3.8, 4) is 0 Å². The molecule has 2 heterocycles. The number of carbonyl (C=O) groups excluding carboxylic acids is 1. The average molecular weight is 438 g/mol. The van der Waals surface area contributed by atoms with Gasteiger partial charge in [0.15, 0.2) is 15.0 Å². The highest BCUT2D eigenvalue weighted by Crippen LogP contribution is 2.43. The predicted molar refractivity (Wildman–Crippen MR) is 98.2 cm³/mol. The number of hydrogen-bond acceptors (Lipinski definition) is 4. The smallest absolute Gasteiger partial charge is 0.247 e. The third-order valence-electron chi connectivity index (χ3n) is 3.76. The number of rotatable bonds is 2. The second kappa shape index (κ2) is 6.38. The van der Waals surface area contributed by atoms with Crippen molar-refractivity contribution in [2.24, 2.45) is 4.99 Å². The molecule has 9 heteroatoms. The first-order valence-electron chi connectivity index (χ1n) is 7.03. The summed E-state index contributed by atoms with van der Waals surface area (Å²) >= 11 is 11.0. The summed E-state index contributed by atoms with van der Waals surface area (Å²) in [4.78, 5) is 17.7. The van der Waals surface area contributed by atoms with Gasteiger partial charge in [-0.3, -0.25) is 4.79 Å². The first-order valence-corrected chi connectivity index (χ1v) is 10.9. The first kappa shape index (κ1) is 17.3. The molecule has 1 aromatic carbocycles. The number of halogens is 2. The summed E-state index contributed by atoms with van der Waals surface area (Å²) in [6.07, 6.45) is 0.305. The molecule has 5 nitrogen and oxygen atoms in total. The van der Waals surface area contributed by atoms with Gasteiger partial charge in [-0.2, -0.15) is 4.99 Å². The monoisotopic (exact) mass is 436 g/mol. The van der Waals surface area contributed by atoms with E-state index in [1.54, 1.807) is 13.0 Å². The molecule has 0 bridgehead atoms. The normalized spacial score (nSPS) is 27.4. The van der Waals surface area contributed by atoms with Crippen molar-refractivity contribution in [3.05, 3.63) is 27.7 Å². The second-order valence-electron chi connectivity index (χ2n) is 5.41. The molecular formula is C14H14BrClN2O3S2. The topological polar surface area (TPSA) is 66.8 Å². The van der Waals surface area contributed by atoms with Gasteiger partial charge in [-0.1, -0.05) is 46.2 Å². The highest BCUT2D eigenvalue weighted by Gasteiger charge is 2.49. The summed E-state index contributed by atoms with van der Waals surface area (Å²) in [6.45, 7) is 1.74. The Kier molecular flexibility index (Phi) is 4.79. The predicted octanol–water partition coefficient (Wildman–Crippen LogP) is 3.11. The van der Waals surface area contributed by atoms with Gasteiger partial charge in [0.2, 0.25) is 5.91 Å². The molecule has 2 fully saturated rings. The van der Waals surface area contributed by atoms with Crippen molar-refractivity contribution >= 4 is 65.9 Å². The van der Waals surface area contributed by atoms with Crippen molar-refractivity contribution in [2.75, 3.05) is 16.4 Å². The van der Waals surface area contributed by atoms with Crippen LogP contribution in [0.3, 0.4) is 0 Å². The lowest BCUT2D eigenvalue weighted by Gasteiger charge is -2.25. The van der Waals surface area contributed by atoms with Gasteiger partial charge in [0.05, 0.1) is 28.3 Å². The summed E-state index contributed by atoms with van der Waals surface area (Å²) in [7, 11) is -3.08. The molecule has 23 heavy (non-hydrogen) atoms. The van der Waals surface area contributed by atoms with Crippen LogP contribution < -0.4 is 4.90 Å². The Labute approximate surface area is 152 Å². The van der Waals surface area contributed by atoms with E-state index in [1.165, 1.54) is 11.8 Å². The van der Waals surface area contributed by atoms with Crippen LogP contribution >= 0.6 is 39.3 Å². The summed E-state index contributed by atoms with van der Waals surface area (Å²) in [5.74, 6) is -0.0727. The average Bonchev–Trinajstić information content (AvgIpc) is 2.91. The molecule has 0 aliphatic carbocycles. The van der Waals surface area contributed by atoms with Crippen molar-refractivity contribution < 1.29 is 13.2 Å². The van der Waals surface area contributed by atoms with E-state index in [0.29, 0.717) is 22.3 Å². The van der Waals surface area contributed by atoms with Gasteiger partial charge in [0, 0.05) is 16.1 Å². The van der Waals surface area contributed by atoms with E-state index in [1.807, 2.05) is 17.0 Å². The van der Waals surface area contributed by atoms with Crippen LogP contribution in [0.1, 0.15) is 13.3 Å². The number of aliphatic imine (C=N–C) groups is 1. The number of anilines is 1. The second-order valence-corrected chi connectivity index (χ2v) is 10.1. The number of fused-ring (bicyclic) bond motifs is 1. The number of thioether (sulfide) groups is 1. The Balaban J connectivity index is 2.06. The van der Waals surface area contributed by atoms with Crippen LogP contribution in [0.2, 0.25) is 5.02 Å². The Morgan fingerprint density at radius 1 is 1.48 bits per heavy atom. The van der Waals surface area contributed by atoms with Crippen LogP contribution in [-0.2, 0) is 14.6 Å². The van der Waals surface area contributed by atoms with Crippen LogP contribution in [0.25, 0.3) is 0 Å². The summed E-state index contributed by atoms with van der Waals surface area (Å²) in [5.41, 5.74) is 0.676. The van der Waals surface area contributed by atoms with Crippen molar-refractivity contribution in [2.45, 2.75) is 24.6 Å². The molecule has 2 atom stereocenters. The van der Waals surface area contributed by atoms with Crippen LogP contribution in [0.5, 0.6) is 0 Å². The quantitative estimate of drug-likeness (QED) is 0.711. The zero-order valence-electron chi connectivity index (χ0n) is 12.2. The lowest BCUT2D eigenvalue weighted by Crippen LogP contribution is -2.37. The zero-order chi connectivity index (χ0) is 16.8. The first-order chi connectivity index (χ1) is 10.8. The molecule has 0 unspecified atom stereocenters. The van der Waals surface area contributed by atoms with Crippen molar-refractivity contribution in [3.63, 3.8) is 0 Å². The standard InChI is InChI=1S/C14H14BrClN2O3S2/c1-2-13(19)17-14-18(10-4-3-8(15)5-9(10)16)11-6-23(20,21)7-12(11)22-14/h3-5,11-12H,2,6-7H2,1H3/t11-,12-/m1/s1. The molecule has 0 aromatic heterocycles. The Morgan fingerprint density at radius 2 is 2.22 bits per heavy atom. The van der Waals surface area contributed by atoms with E-state index in [9.17, 15) is 13.2 Å². The molecule has 2 saturated heterocycles. The van der Waals surface area contributed by atoms with Crippen LogP contribution in [0.4, 0.5) is 5.69 Å². The summed E-state index contributed by atoms with van der Waals surface area (Å²) < 4.78 is 24.7. The fraction of sp³-hybridized carbons (Fsp3) is 0.429. The molecule has 0 saturated carbocycles. The minimum Gasteiger partial charge on any atom is -0.314 e. The van der Waals surface area contributed by atoms with Gasteiger partial charge in [-0.25, -0.2) is 8.42 Å². The van der Waals surface area contributed by atoms with E-state index in [-0.39, 0.29) is 28.7 Å². The Morgan fingerprint density at radius 3 is 2.87 bits per heavy atom. The van der Waals surface area contributed by atoms with E-state index in [4.69, 9.17) is 11.6 Å². The number of hydrogen-bond donors (Lipinski definition) is 0. The molecule has 2 aliphatic heterocycles. The zero-order valence-corrected chi connectivity index (χ0v) is 16.2. The number of benzene rings is 1. The highest BCUT2D eigenvalue weighted by molar-refractivity contribution is 9.10. The fourth-order valence-corrected chi connectivity index (χ4v) is 7.40. The number of sulfone groups is 1. The minimum absolute atomic E-state index is 0.0520. The Hall–Kier alpha value is -0.570. The molecule has 1 amide bonds. The molecule has 124 valence electrons. The SMILES string of the molecule is CCC(=O)N=C1S[C@@H]2CS(=O)(=O)C[C@H]2N1c1ccc(Br)cc1Cl. The fourth-order valence-electron chi connectivity index (χ4n) is 2.71. The Bertz CT molecular complexity index is 797. The van der Waals surface area contributed by atoms with Crippen molar-refractivity contribution in [1.29, 1.82) is 0 Å². The maximum absolute atomic E-state index is 12.0.